The molecule has 0 aliphatic heterocycles. The highest BCUT2D eigenvalue weighted by molar-refractivity contribution is 6.03. The number of hydrogen-bond acceptors (Lipinski definition) is 4. The van der Waals surface area contributed by atoms with Crippen LogP contribution in [0.3, 0.4) is 0 Å². The van der Waals surface area contributed by atoms with Gasteiger partial charge in [0, 0.05) is 35.9 Å². The SMILES string of the molecule is COc1ccc(CCn2cc(NC(=O)/C=C/c3c[nH]c4ccccc34)cn2)cc1OC. The fourth-order valence-corrected chi connectivity index (χ4v) is 3.41. The number of nitrogens with one attached hydrogen (secondary N) is 2. The van der Waals surface area contributed by atoms with Crippen LogP contribution >= 0.6 is 0 Å². The minimum absolute atomic E-state index is 0.204. The van der Waals surface area contributed by atoms with Crippen LogP contribution in [0, 0.1) is 0 Å². The minimum atomic E-state index is -0.204. The zero-order chi connectivity index (χ0) is 21.6. The molecule has 0 aliphatic rings. The first-order valence-corrected chi connectivity index (χ1v) is 9.95. The number of nitrogens with zero attached hydrogens (tertiary/aromatic N) is 2. The van der Waals surface area contributed by atoms with E-state index in [1.165, 1.54) is 6.08 Å². The van der Waals surface area contributed by atoms with Crippen LogP contribution in [0.25, 0.3) is 17.0 Å². The number of fused-ring (bicyclic) bond motifs is 1. The summed E-state index contributed by atoms with van der Waals surface area (Å²) in [6, 6.07) is 13.8. The molecule has 1 amide bonds. The molecule has 0 atom stereocenters. The van der Waals surface area contributed by atoms with Gasteiger partial charge in [0.1, 0.15) is 0 Å². The molecule has 7 nitrogen and oxygen atoms in total. The molecule has 2 N–H and O–H groups in total. The van der Waals surface area contributed by atoms with Gasteiger partial charge in [-0.3, -0.25) is 9.48 Å². The largest absolute Gasteiger partial charge is 0.493 e. The first kappa shape index (κ1) is 20.3. The number of aryl methyl sites for hydroxylation is 2. The van der Waals surface area contributed by atoms with Gasteiger partial charge in [0.15, 0.2) is 11.5 Å². The summed E-state index contributed by atoms with van der Waals surface area (Å²) in [5.74, 6) is 1.20. The van der Waals surface area contributed by atoms with Gasteiger partial charge in [0.2, 0.25) is 5.91 Å². The van der Waals surface area contributed by atoms with Gasteiger partial charge in [-0.1, -0.05) is 24.3 Å². The number of ether oxygens (including phenoxy) is 2. The Kier molecular flexibility index (Phi) is 6.03. The Bertz CT molecular complexity index is 1220. The minimum Gasteiger partial charge on any atom is -0.493 e. The molecule has 0 aliphatic carbocycles. The first-order chi connectivity index (χ1) is 15.2. The number of carbonyl (C=O) groups excluding carboxylic acids is 1. The number of methoxy groups -OCH3 is 2. The average molecular weight is 416 g/mol. The molecule has 2 aromatic carbocycles. The number of carbonyl (C=O) groups is 1. The van der Waals surface area contributed by atoms with Crippen molar-refractivity contribution in [1.82, 2.24) is 14.8 Å². The van der Waals surface area contributed by atoms with Crippen LogP contribution in [0.15, 0.2) is 67.1 Å². The van der Waals surface area contributed by atoms with E-state index in [0.29, 0.717) is 23.7 Å². The Hall–Kier alpha value is -4.00. The molecule has 2 heterocycles. The number of H-pyrrole nitrogens is 1. The van der Waals surface area contributed by atoms with Crippen LogP contribution in [0.1, 0.15) is 11.1 Å². The van der Waals surface area contributed by atoms with Gasteiger partial charge in [-0.05, 0) is 41.8 Å². The number of hydrogen-bond donors (Lipinski definition) is 2. The second kappa shape index (κ2) is 9.21. The maximum Gasteiger partial charge on any atom is 0.248 e. The van der Waals surface area contributed by atoms with Gasteiger partial charge in [0.25, 0.3) is 0 Å². The van der Waals surface area contributed by atoms with E-state index < -0.39 is 0 Å². The summed E-state index contributed by atoms with van der Waals surface area (Å²) in [4.78, 5) is 15.5. The Morgan fingerprint density at radius 2 is 2.00 bits per heavy atom. The molecule has 7 heteroatoms. The molecule has 0 fully saturated rings. The molecule has 0 bridgehead atoms. The molecule has 31 heavy (non-hydrogen) atoms. The lowest BCUT2D eigenvalue weighted by atomic mass is 10.1. The van der Waals surface area contributed by atoms with E-state index in [1.54, 1.807) is 31.2 Å². The normalized spacial score (nSPS) is 11.2. The first-order valence-electron chi connectivity index (χ1n) is 9.95. The predicted octanol–water partition coefficient (Wildman–Crippen LogP) is 4.28. The summed E-state index contributed by atoms with van der Waals surface area (Å²) in [7, 11) is 3.24. The van der Waals surface area contributed by atoms with E-state index in [-0.39, 0.29) is 5.91 Å². The number of anilines is 1. The van der Waals surface area contributed by atoms with E-state index in [2.05, 4.69) is 15.4 Å². The van der Waals surface area contributed by atoms with E-state index in [9.17, 15) is 4.79 Å². The molecule has 4 aromatic rings. The van der Waals surface area contributed by atoms with Crippen LogP contribution < -0.4 is 14.8 Å². The standard InChI is InChI=1S/C24H24N4O3/c1-30-22-9-7-17(13-23(22)31-2)11-12-28-16-19(15-26-28)27-24(29)10-8-18-14-25-21-6-4-3-5-20(18)21/h3-10,13-16,25H,11-12H2,1-2H3,(H,27,29)/b10-8+. The van der Waals surface area contributed by atoms with Crippen molar-refractivity contribution in [2.24, 2.45) is 0 Å². The summed E-state index contributed by atoms with van der Waals surface area (Å²) in [6.07, 6.45) is 9.45. The van der Waals surface area contributed by atoms with Crippen LogP contribution in [0.2, 0.25) is 0 Å². The maximum absolute atomic E-state index is 12.3. The molecule has 0 saturated heterocycles. The summed E-state index contributed by atoms with van der Waals surface area (Å²) in [6.45, 7) is 0.677. The molecule has 0 saturated carbocycles. The fraction of sp³-hybridized carbons (Fsp3) is 0.167. The lowest BCUT2D eigenvalue weighted by Crippen LogP contribution is -2.07. The summed E-state index contributed by atoms with van der Waals surface area (Å²) in [5, 5.41) is 8.26. The second-order valence-electron chi connectivity index (χ2n) is 7.04. The number of amides is 1. The van der Waals surface area contributed by atoms with E-state index >= 15 is 0 Å². The highest BCUT2D eigenvalue weighted by Crippen LogP contribution is 2.27. The molecular formula is C24H24N4O3. The number of benzene rings is 2. The van der Waals surface area contributed by atoms with E-state index in [0.717, 1.165) is 28.5 Å². The molecule has 4 rings (SSSR count). The molecule has 0 radical (unpaired) electrons. The summed E-state index contributed by atoms with van der Waals surface area (Å²) in [5.41, 5.74) is 3.77. The van der Waals surface area contributed by atoms with Crippen molar-refractivity contribution in [2.75, 3.05) is 19.5 Å². The second-order valence-corrected chi connectivity index (χ2v) is 7.04. The van der Waals surface area contributed by atoms with Gasteiger partial charge >= 0.3 is 0 Å². The van der Waals surface area contributed by atoms with E-state index in [4.69, 9.17) is 9.47 Å². The Balaban J connectivity index is 1.34. The smallest absolute Gasteiger partial charge is 0.248 e. The third-order valence-corrected chi connectivity index (χ3v) is 5.01. The van der Waals surface area contributed by atoms with Crippen molar-refractivity contribution >= 4 is 28.6 Å². The Morgan fingerprint density at radius 1 is 1.16 bits per heavy atom. The van der Waals surface area contributed by atoms with Crippen molar-refractivity contribution in [3.05, 3.63) is 78.3 Å². The van der Waals surface area contributed by atoms with Gasteiger partial charge < -0.3 is 19.8 Å². The van der Waals surface area contributed by atoms with Crippen LogP contribution in [-0.2, 0) is 17.8 Å². The predicted molar refractivity (Wildman–Crippen MR) is 121 cm³/mol. The lowest BCUT2D eigenvalue weighted by Gasteiger charge is -2.09. The monoisotopic (exact) mass is 416 g/mol. The van der Waals surface area contributed by atoms with Gasteiger partial charge in [0.05, 0.1) is 26.1 Å². The van der Waals surface area contributed by atoms with Gasteiger partial charge in [-0.25, -0.2) is 0 Å². The van der Waals surface area contributed by atoms with Crippen LogP contribution in [-0.4, -0.2) is 34.9 Å². The number of para-hydroxylation sites is 1. The Labute approximate surface area is 180 Å². The zero-order valence-electron chi connectivity index (χ0n) is 17.5. The molecule has 2 aromatic heterocycles. The Morgan fingerprint density at radius 3 is 2.84 bits per heavy atom. The molecule has 158 valence electrons. The summed E-state index contributed by atoms with van der Waals surface area (Å²) >= 11 is 0. The highest BCUT2D eigenvalue weighted by Gasteiger charge is 2.06. The number of aromatic amines is 1. The number of rotatable bonds is 8. The van der Waals surface area contributed by atoms with Crippen molar-refractivity contribution < 1.29 is 14.3 Å². The maximum atomic E-state index is 12.3. The third kappa shape index (κ3) is 4.78. The average Bonchev–Trinajstić information content (AvgIpc) is 3.42. The van der Waals surface area contributed by atoms with Gasteiger partial charge in [-0.2, -0.15) is 5.10 Å². The molecule has 0 unspecified atom stereocenters. The highest BCUT2D eigenvalue weighted by atomic mass is 16.5. The number of aromatic nitrogens is 3. The van der Waals surface area contributed by atoms with Crippen LogP contribution in [0.5, 0.6) is 11.5 Å². The van der Waals surface area contributed by atoms with Crippen molar-refractivity contribution in [1.29, 1.82) is 0 Å². The topological polar surface area (TPSA) is 81.2 Å². The van der Waals surface area contributed by atoms with Crippen molar-refractivity contribution in [3.8, 4) is 11.5 Å². The quantitative estimate of drug-likeness (QED) is 0.420. The zero-order valence-corrected chi connectivity index (χ0v) is 17.5. The van der Waals surface area contributed by atoms with Gasteiger partial charge in [-0.15, -0.1) is 0 Å². The summed E-state index contributed by atoms with van der Waals surface area (Å²) < 4.78 is 12.4. The van der Waals surface area contributed by atoms with E-state index in [1.807, 2.05) is 54.9 Å². The fourth-order valence-electron chi connectivity index (χ4n) is 3.41. The van der Waals surface area contributed by atoms with Crippen LogP contribution in [0.4, 0.5) is 5.69 Å². The lowest BCUT2D eigenvalue weighted by molar-refractivity contribution is -0.111. The third-order valence-electron chi connectivity index (χ3n) is 5.01. The molecule has 0 spiro atoms. The molecular weight excluding hydrogens is 392 g/mol. The van der Waals surface area contributed by atoms with Crippen molar-refractivity contribution in [3.63, 3.8) is 0 Å². The van der Waals surface area contributed by atoms with Crippen molar-refractivity contribution in [2.45, 2.75) is 13.0 Å².